The molecule has 1 aromatic rings. The number of hydrogen-bond acceptors (Lipinski definition) is 3. The SMILES string of the molecule is C=CCN(CCO)c1ccc(C)cc1C(=O)O. The highest BCUT2D eigenvalue weighted by molar-refractivity contribution is 5.94. The molecule has 0 aliphatic carbocycles. The molecule has 0 spiro atoms. The summed E-state index contributed by atoms with van der Waals surface area (Å²) in [5.74, 6) is -0.962. The van der Waals surface area contributed by atoms with E-state index in [1.54, 1.807) is 23.1 Å². The number of aromatic carboxylic acids is 1. The molecule has 4 heteroatoms. The van der Waals surface area contributed by atoms with Gasteiger partial charge in [-0.1, -0.05) is 17.7 Å². The maximum Gasteiger partial charge on any atom is 0.337 e. The van der Waals surface area contributed by atoms with Crippen molar-refractivity contribution in [3.63, 3.8) is 0 Å². The van der Waals surface area contributed by atoms with Gasteiger partial charge in [-0.2, -0.15) is 0 Å². The highest BCUT2D eigenvalue weighted by atomic mass is 16.4. The van der Waals surface area contributed by atoms with Crippen molar-refractivity contribution in [1.82, 2.24) is 0 Å². The van der Waals surface area contributed by atoms with Gasteiger partial charge in [0.05, 0.1) is 17.9 Å². The Labute approximate surface area is 101 Å². The highest BCUT2D eigenvalue weighted by Crippen LogP contribution is 2.22. The van der Waals surface area contributed by atoms with Gasteiger partial charge in [-0.05, 0) is 19.1 Å². The molecule has 2 N–H and O–H groups in total. The van der Waals surface area contributed by atoms with Gasteiger partial charge in [0.15, 0.2) is 0 Å². The Bertz CT molecular complexity index is 415. The van der Waals surface area contributed by atoms with E-state index in [0.29, 0.717) is 18.8 Å². The zero-order valence-corrected chi connectivity index (χ0v) is 9.89. The summed E-state index contributed by atoms with van der Waals surface area (Å²) in [5.41, 5.74) is 1.76. The zero-order valence-electron chi connectivity index (χ0n) is 9.89. The van der Waals surface area contributed by atoms with Gasteiger partial charge >= 0.3 is 5.97 Å². The van der Waals surface area contributed by atoms with Crippen molar-refractivity contribution in [2.45, 2.75) is 6.92 Å². The molecule has 0 saturated heterocycles. The molecule has 0 heterocycles. The monoisotopic (exact) mass is 235 g/mol. The zero-order chi connectivity index (χ0) is 12.8. The Morgan fingerprint density at radius 1 is 1.53 bits per heavy atom. The first-order chi connectivity index (χ1) is 8.10. The van der Waals surface area contributed by atoms with Crippen LogP contribution in [0.5, 0.6) is 0 Å². The first kappa shape index (κ1) is 13.3. The molecular formula is C13H17NO3. The highest BCUT2D eigenvalue weighted by Gasteiger charge is 2.14. The summed E-state index contributed by atoms with van der Waals surface area (Å²) in [7, 11) is 0. The Hall–Kier alpha value is -1.81. The van der Waals surface area contributed by atoms with Crippen LogP contribution in [0, 0.1) is 6.92 Å². The smallest absolute Gasteiger partial charge is 0.337 e. The lowest BCUT2D eigenvalue weighted by Gasteiger charge is -2.24. The summed E-state index contributed by atoms with van der Waals surface area (Å²) in [5, 5.41) is 18.1. The molecule has 0 bridgehead atoms. The van der Waals surface area contributed by atoms with Gasteiger partial charge in [0.1, 0.15) is 0 Å². The Morgan fingerprint density at radius 2 is 2.24 bits per heavy atom. The molecule has 1 rings (SSSR count). The maximum atomic E-state index is 11.2. The minimum atomic E-state index is -0.962. The van der Waals surface area contributed by atoms with Crippen LogP contribution in [-0.2, 0) is 0 Å². The van der Waals surface area contributed by atoms with Crippen molar-refractivity contribution < 1.29 is 15.0 Å². The number of benzene rings is 1. The van der Waals surface area contributed by atoms with E-state index in [2.05, 4.69) is 6.58 Å². The van der Waals surface area contributed by atoms with Crippen LogP contribution in [-0.4, -0.2) is 35.9 Å². The van der Waals surface area contributed by atoms with Crippen LogP contribution in [0.2, 0.25) is 0 Å². The number of anilines is 1. The summed E-state index contributed by atoms with van der Waals surface area (Å²) < 4.78 is 0. The molecule has 0 saturated carbocycles. The number of rotatable bonds is 6. The van der Waals surface area contributed by atoms with Gasteiger partial charge in [-0.3, -0.25) is 0 Å². The lowest BCUT2D eigenvalue weighted by atomic mass is 10.1. The number of hydrogen-bond donors (Lipinski definition) is 2. The fraction of sp³-hybridized carbons (Fsp3) is 0.308. The fourth-order valence-electron chi connectivity index (χ4n) is 1.68. The van der Waals surface area contributed by atoms with Crippen molar-refractivity contribution in [3.8, 4) is 0 Å². The van der Waals surface area contributed by atoms with Crippen molar-refractivity contribution in [1.29, 1.82) is 0 Å². The van der Waals surface area contributed by atoms with Crippen LogP contribution in [0.3, 0.4) is 0 Å². The number of aliphatic hydroxyl groups excluding tert-OH is 1. The van der Waals surface area contributed by atoms with Crippen molar-refractivity contribution >= 4 is 11.7 Å². The number of aliphatic hydroxyl groups is 1. The number of carboxylic acids is 1. The van der Waals surface area contributed by atoms with E-state index < -0.39 is 5.97 Å². The molecule has 0 radical (unpaired) electrons. The van der Waals surface area contributed by atoms with Gasteiger partial charge in [-0.25, -0.2) is 4.79 Å². The summed E-state index contributed by atoms with van der Waals surface area (Å²) in [6, 6.07) is 5.25. The largest absolute Gasteiger partial charge is 0.478 e. The standard InChI is InChI=1S/C13H17NO3/c1-3-6-14(7-8-15)12-5-4-10(2)9-11(12)13(16)17/h3-5,9,15H,1,6-8H2,2H3,(H,16,17). The van der Waals surface area contributed by atoms with Crippen LogP contribution >= 0.6 is 0 Å². The molecule has 0 aliphatic rings. The van der Waals surface area contributed by atoms with Crippen LogP contribution in [0.4, 0.5) is 5.69 Å². The van der Waals surface area contributed by atoms with E-state index in [0.717, 1.165) is 5.56 Å². The van der Waals surface area contributed by atoms with Crippen molar-refractivity contribution in [2.75, 3.05) is 24.6 Å². The van der Waals surface area contributed by atoms with Crippen molar-refractivity contribution in [3.05, 3.63) is 42.0 Å². The number of aryl methyl sites for hydroxylation is 1. The Morgan fingerprint density at radius 3 is 2.76 bits per heavy atom. The summed E-state index contributed by atoms with van der Waals surface area (Å²) in [6.07, 6.45) is 1.68. The van der Waals surface area contributed by atoms with Crippen LogP contribution in [0.1, 0.15) is 15.9 Å². The summed E-state index contributed by atoms with van der Waals surface area (Å²) in [4.78, 5) is 13.0. The van der Waals surface area contributed by atoms with Gasteiger partial charge in [0.25, 0.3) is 0 Å². The van der Waals surface area contributed by atoms with Crippen molar-refractivity contribution in [2.24, 2.45) is 0 Å². The average Bonchev–Trinajstić information content (AvgIpc) is 2.28. The molecule has 0 atom stereocenters. The lowest BCUT2D eigenvalue weighted by Crippen LogP contribution is -2.28. The molecule has 1 aromatic carbocycles. The predicted octanol–water partition coefficient (Wildman–Crippen LogP) is 1.68. The third kappa shape index (κ3) is 3.32. The lowest BCUT2D eigenvalue weighted by molar-refractivity contribution is 0.0697. The molecule has 0 fully saturated rings. The summed E-state index contributed by atoms with van der Waals surface area (Å²) in [6.45, 7) is 6.34. The van der Waals surface area contributed by atoms with E-state index >= 15 is 0 Å². The van der Waals surface area contributed by atoms with E-state index in [9.17, 15) is 4.79 Å². The normalized spacial score (nSPS) is 10.0. The molecule has 92 valence electrons. The van der Waals surface area contributed by atoms with Gasteiger partial charge in [-0.15, -0.1) is 6.58 Å². The molecule has 0 amide bonds. The first-order valence-electron chi connectivity index (χ1n) is 5.40. The van der Waals surface area contributed by atoms with E-state index in [-0.39, 0.29) is 12.2 Å². The van der Waals surface area contributed by atoms with Crippen LogP contribution in [0.15, 0.2) is 30.9 Å². The molecule has 0 aliphatic heterocycles. The Kier molecular flexibility index (Phi) is 4.72. The third-order valence-electron chi connectivity index (χ3n) is 2.44. The van der Waals surface area contributed by atoms with Gasteiger partial charge in [0, 0.05) is 13.1 Å². The minimum Gasteiger partial charge on any atom is -0.478 e. The van der Waals surface area contributed by atoms with Gasteiger partial charge < -0.3 is 15.1 Å². The maximum absolute atomic E-state index is 11.2. The minimum absolute atomic E-state index is 0.0270. The Balaban J connectivity index is 3.16. The number of carbonyl (C=O) groups is 1. The van der Waals surface area contributed by atoms with Crippen LogP contribution in [0.25, 0.3) is 0 Å². The third-order valence-corrected chi connectivity index (χ3v) is 2.44. The van der Waals surface area contributed by atoms with E-state index in [1.807, 2.05) is 13.0 Å². The van der Waals surface area contributed by atoms with Gasteiger partial charge in [0.2, 0.25) is 0 Å². The second kappa shape index (κ2) is 6.06. The average molecular weight is 235 g/mol. The predicted molar refractivity (Wildman–Crippen MR) is 67.6 cm³/mol. The molecule has 17 heavy (non-hydrogen) atoms. The van der Waals surface area contributed by atoms with E-state index in [4.69, 9.17) is 10.2 Å². The summed E-state index contributed by atoms with van der Waals surface area (Å²) >= 11 is 0. The first-order valence-corrected chi connectivity index (χ1v) is 5.40. The second-order valence-corrected chi connectivity index (χ2v) is 3.78. The van der Waals surface area contributed by atoms with Crippen LogP contribution < -0.4 is 4.90 Å². The fourth-order valence-corrected chi connectivity index (χ4v) is 1.68. The van der Waals surface area contributed by atoms with E-state index in [1.165, 1.54) is 0 Å². The quantitative estimate of drug-likeness (QED) is 0.736. The molecule has 0 aromatic heterocycles. The molecular weight excluding hydrogens is 218 g/mol. The molecule has 4 nitrogen and oxygen atoms in total. The number of nitrogens with zero attached hydrogens (tertiary/aromatic N) is 1. The topological polar surface area (TPSA) is 60.8 Å². The number of carboxylic acid groups (broad SMARTS) is 1. The second-order valence-electron chi connectivity index (χ2n) is 3.78. The molecule has 0 unspecified atom stereocenters.